The van der Waals surface area contributed by atoms with Crippen LogP contribution in [0.4, 0.5) is 0 Å². The average Bonchev–Trinajstić information content (AvgIpc) is 2.51. The molecule has 0 bridgehead atoms. The molecule has 0 N–H and O–H groups in total. The molecular formula is C19H39NS. The second-order valence-corrected chi connectivity index (χ2v) is 8.51. The van der Waals surface area contributed by atoms with Crippen molar-refractivity contribution in [2.24, 2.45) is 5.41 Å². The van der Waals surface area contributed by atoms with Gasteiger partial charge in [0.15, 0.2) is 0 Å². The van der Waals surface area contributed by atoms with Crippen LogP contribution in [0.5, 0.6) is 0 Å². The predicted octanol–water partition coefficient (Wildman–Crippen LogP) is 5.98. The van der Waals surface area contributed by atoms with E-state index in [1.54, 1.807) is 0 Å². The monoisotopic (exact) mass is 313 g/mol. The highest BCUT2D eigenvalue weighted by Gasteiger charge is 2.24. The standard InChI is InChI=1S/C19H39NS/c1-4-6-8-10-12-19(3,11-9-7-5-2)13-14-20-15-17-21-18-16-20/h4-18H2,1-3H3. The maximum Gasteiger partial charge on any atom is 0.00727 e. The van der Waals surface area contributed by atoms with Gasteiger partial charge in [0.05, 0.1) is 0 Å². The quantitative estimate of drug-likeness (QED) is 0.408. The number of hydrogen-bond acceptors (Lipinski definition) is 2. The predicted molar refractivity (Wildman–Crippen MR) is 99.4 cm³/mol. The Kier molecular flexibility index (Phi) is 10.9. The fourth-order valence-electron chi connectivity index (χ4n) is 3.41. The van der Waals surface area contributed by atoms with Gasteiger partial charge in [0.25, 0.3) is 0 Å². The Balaban J connectivity index is 2.33. The SMILES string of the molecule is CCCCCCC(C)(CCCCC)CCN1CCSCC1. The Bertz CT molecular complexity index is 238. The molecule has 0 aromatic rings. The van der Waals surface area contributed by atoms with Gasteiger partial charge < -0.3 is 4.90 Å². The molecule has 0 radical (unpaired) electrons. The fraction of sp³-hybridized carbons (Fsp3) is 1.00. The summed E-state index contributed by atoms with van der Waals surface area (Å²) in [5, 5.41) is 0. The van der Waals surface area contributed by atoms with Gasteiger partial charge in [-0.05, 0) is 31.2 Å². The molecule has 1 nitrogen and oxygen atoms in total. The lowest BCUT2D eigenvalue weighted by Crippen LogP contribution is -2.35. The average molecular weight is 314 g/mol. The van der Waals surface area contributed by atoms with Gasteiger partial charge >= 0.3 is 0 Å². The molecule has 126 valence electrons. The highest BCUT2D eigenvalue weighted by molar-refractivity contribution is 7.99. The van der Waals surface area contributed by atoms with Crippen LogP contribution in [0.25, 0.3) is 0 Å². The molecule has 0 amide bonds. The van der Waals surface area contributed by atoms with E-state index in [9.17, 15) is 0 Å². The van der Waals surface area contributed by atoms with Crippen LogP contribution in [0.3, 0.4) is 0 Å². The highest BCUT2D eigenvalue weighted by Crippen LogP contribution is 2.35. The minimum atomic E-state index is 0.605. The number of hydrogen-bond donors (Lipinski definition) is 0. The molecule has 1 unspecified atom stereocenters. The maximum absolute atomic E-state index is 2.71. The zero-order valence-electron chi connectivity index (χ0n) is 15.0. The van der Waals surface area contributed by atoms with Crippen LogP contribution in [0.1, 0.15) is 85.0 Å². The van der Waals surface area contributed by atoms with Crippen LogP contribution < -0.4 is 0 Å². The van der Waals surface area contributed by atoms with Crippen molar-refractivity contribution in [3.8, 4) is 0 Å². The van der Waals surface area contributed by atoms with E-state index in [1.165, 1.54) is 95.3 Å². The van der Waals surface area contributed by atoms with Gasteiger partial charge in [0.1, 0.15) is 0 Å². The Morgan fingerprint density at radius 2 is 1.38 bits per heavy atom. The summed E-state index contributed by atoms with van der Waals surface area (Å²) in [6.45, 7) is 11.2. The lowest BCUT2D eigenvalue weighted by molar-refractivity contribution is 0.184. The third kappa shape index (κ3) is 9.13. The fourth-order valence-corrected chi connectivity index (χ4v) is 4.39. The van der Waals surface area contributed by atoms with E-state index in [2.05, 4.69) is 37.4 Å². The van der Waals surface area contributed by atoms with Gasteiger partial charge in [-0.3, -0.25) is 0 Å². The molecule has 0 spiro atoms. The van der Waals surface area contributed by atoms with Crippen molar-refractivity contribution in [3.63, 3.8) is 0 Å². The summed E-state index contributed by atoms with van der Waals surface area (Å²) in [5.41, 5.74) is 0.605. The molecule has 1 saturated heterocycles. The number of unbranched alkanes of at least 4 members (excludes halogenated alkanes) is 5. The van der Waals surface area contributed by atoms with Gasteiger partial charge in [-0.25, -0.2) is 0 Å². The van der Waals surface area contributed by atoms with Gasteiger partial charge in [-0.2, -0.15) is 11.8 Å². The zero-order valence-corrected chi connectivity index (χ0v) is 15.8. The number of thioether (sulfide) groups is 1. The van der Waals surface area contributed by atoms with Crippen LogP contribution in [-0.2, 0) is 0 Å². The van der Waals surface area contributed by atoms with Crippen LogP contribution in [0, 0.1) is 5.41 Å². The number of rotatable bonds is 12. The largest absolute Gasteiger partial charge is 0.302 e. The first-order valence-corrected chi connectivity index (χ1v) is 10.7. The third-order valence-electron chi connectivity index (χ3n) is 5.15. The molecule has 0 aliphatic carbocycles. The normalized spacial score (nSPS) is 19.6. The molecule has 1 fully saturated rings. The third-order valence-corrected chi connectivity index (χ3v) is 6.10. The molecule has 0 saturated carbocycles. The molecular weight excluding hydrogens is 274 g/mol. The van der Waals surface area contributed by atoms with E-state index in [0.29, 0.717) is 5.41 Å². The van der Waals surface area contributed by atoms with E-state index >= 15 is 0 Å². The van der Waals surface area contributed by atoms with Crippen molar-refractivity contribution in [1.82, 2.24) is 4.90 Å². The van der Waals surface area contributed by atoms with E-state index in [-0.39, 0.29) is 0 Å². The van der Waals surface area contributed by atoms with Gasteiger partial charge in [0.2, 0.25) is 0 Å². The highest BCUT2D eigenvalue weighted by atomic mass is 32.2. The van der Waals surface area contributed by atoms with Crippen molar-refractivity contribution in [2.75, 3.05) is 31.1 Å². The van der Waals surface area contributed by atoms with Crippen molar-refractivity contribution >= 4 is 11.8 Å². The summed E-state index contributed by atoms with van der Waals surface area (Å²) in [5.74, 6) is 2.70. The Morgan fingerprint density at radius 1 is 0.810 bits per heavy atom. The summed E-state index contributed by atoms with van der Waals surface area (Å²) < 4.78 is 0. The Morgan fingerprint density at radius 3 is 2.00 bits per heavy atom. The van der Waals surface area contributed by atoms with Crippen molar-refractivity contribution in [1.29, 1.82) is 0 Å². The summed E-state index contributed by atoms with van der Waals surface area (Å²) >= 11 is 2.13. The summed E-state index contributed by atoms with van der Waals surface area (Å²) in [6, 6.07) is 0. The summed E-state index contributed by atoms with van der Waals surface area (Å²) in [6.07, 6.45) is 14.2. The Hall–Kier alpha value is 0.310. The lowest BCUT2D eigenvalue weighted by atomic mass is 9.77. The van der Waals surface area contributed by atoms with E-state index < -0.39 is 0 Å². The number of nitrogens with zero attached hydrogens (tertiary/aromatic N) is 1. The molecule has 1 rings (SSSR count). The molecule has 1 aliphatic rings. The van der Waals surface area contributed by atoms with Gasteiger partial charge in [0, 0.05) is 24.6 Å². The van der Waals surface area contributed by atoms with Crippen molar-refractivity contribution < 1.29 is 0 Å². The Labute approximate surface area is 138 Å². The first kappa shape index (κ1) is 19.4. The second kappa shape index (κ2) is 11.8. The first-order chi connectivity index (χ1) is 10.2. The molecule has 21 heavy (non-hydrogen) atoms. The maximum atomic E-state index is 2.71. The molecule has 1 heterocycles. The first-order valence-electron chi connectivity index (χ1n) is 9.50. The smallest absolute Gasteiger partial charge is 0.00727 e. The molecule has 2 heteroatoms. The topological polar surface area (TPSA) is 3.24 Å². The van der Waals surface area contributed by atoms with Crippen LogP contribution >= 0.6 is 11.8 Å². The molecule has 0 aromatic heterocycles. The van der Waals surface area contributed by atoms with E-state index in [0.717, 1.165) is 0 Å². The summed E-state index contributed by atoms with van der Waals surface area (Å²) in [7, 11) is 0. The molecule has 0 aromatic carbocycles. The van der Waals surface area contributed by atoms with Gasteiger partial charge in [-0.1, -0.05) is 65.7 Å². The lowest BCUT2D eigenvalue weighted by Gasteiger charge is -2.34. The summed E-state index contributed by atoms with van der Waals surface area (Å²) in [4.78, 5) is 2.71. The van der Waals surface area contributed by atoms with Crippen LogP contribution in [0.15, 0.2) is 0 Å². The minimum Gasteiger partial charge on any atom is -0.302 e. The zero-order chi connectivity index (χ0) is 15.4. The van der Waals surface area contributed by atoms with E-state index in [4.69, 9.17) is 0 Å². The van der Waals surface area contributed by atoms with Crippen molar-refractivity contribution in [3.05, 3.63) is 0 Å². The van der Waals surface area contributed by atoms with Crippen LogP contribution in [0.2, 0.25) is 0 Å². The van der Waals surface area contributed by atoms with E-state index in [1.807, 2.05) is 0 Å². The van der Waals surface area contributed by atoms with Crippen molar-refractivity contribution in [2.45, 2.75) is 85.0 Å². The molecule has 1 atom stereocenters. The second-order valence-electron chi connectivity index (χ2n) is 7.28. The minimum absolute atomic E-state index is 0.605. The van der Waals surface area contributed by atoms with Gasteiger partial charge in [-0.15, -0.1) is 0 Å². The van der Waals surface area contributed by atoms with Crippen LogP contribution in [-0.4, -0.2) is 36.0 Å². The molecule has 1 aliphatic heterocycles.